The second-order valence-corrected chi connectivity index (χ2v) is 4.79. The highest BCUT2D eigenvalue weighted by atomic mass is 16.5. The van der Waals surface area contributed by atoms with Gasteiger partial charge in [-0.05, 0) is 36.6 Å². The smallest absolute Gasteiger partial charge is 0.265 e. The average molecular weight is 269 g/mol. The first kappa shape index (κ1) is 12.5. The quantitative estimate of drug-likeness (QED) is 0.881. The number of amides is 1. The van der Waals surface area contributed by atoms with Crippen LogP contribution in [-0.2, 0) is 11.2 Å². The summed E-state index contributed by atoms with van der Waals surface area (Å²) in [5, 5.41) is 12.1. The summed E-state index contributed by atoms with van der Waals surface area (Å²) >= 11 is 0. The maximum atomic E-state index is 12.2. The molecule has 0 spiro atoms. The van der Waals surface area contributed by atoms with Gasteiger partial charge < -0.3 is 15.2 Å². The van der Waals surface area contributed by atoms with E-state index in [0.29, 0.717) is 12.1 Å². The first-order chi connectivity index (χ1) is 9.72. The van der Waals surface area contributed by atoms with Crippen molar-refractivity contribution >= 4 is 11.6 Å². The first-order valence-corrected chi connectivity index (χ1v) is 6.57. The number of phenols is 1. The van der Waals surface area contributed by atoms with Crippen LogP contribution in [0.4, 0.5) is 5.69 Å². The number of aryl methyl sites for hydroxylation is 1. The fourth-order valence-electron chi connectivity index (χ4n) is 2.32. The number of carbonyl (C=O) groups is 1. The number of anilines is 1. The van der Waals surface area contributed by atoms with Crippen LogP contribution in [0, 0.1) is 0 Å². The molecule has 1 aliphatic rings. The molecule has 0 fully saturated rings. The third-order valence-corrected chi connectivity index (χ3v) is 3.32. The minimum Gasteiger partial charge on any atom is -0.508 e. The van der Waals surface area contributed by atoms with Crippen LogP contribution in [0.3, 0.4) is 0 Å². The van der Waals surface area contributed by atoms with E-state index in [4.69, 9.17) is 4.74 Å². The normalized spacial score (nSPS) is 16.9. The standard InChI is InChI=1S/C16H15NO3/c18-13-6-3-5-12(10-13)17-16(19)15-9-8-11-4-1-2-7-14(11)20-15/h1-7,10,15,18H,8-9H2,(H,17,19). The van der Waals surface area contributed by atoms with Gasteiger partial charge in [0, 0.05) is 11.8 Å². The molecule has 3 rings (SSSR count). The Morgan fingerprint density at radius 2 is 2.05 bits per heavy atom. The summed E-state index contributed by atoms with van der Waals surface area (Å²) in [6.07, 6.45) is 0.989. The summed E-state index contributed by atoms with van der Waals surface area (Å²) in [7, 11) is 0. The van der Waals surface area contributed by atoms with Crippen molar-refractivity contribution in [2.45, 2.75) is 18.9 Å². The third-order valence-electron chi connectivity index (χ3n) is 3.32. The molecule has 20 heavy (non-hydrogen) atoms. The molecule has 0 radical (unpaired) electrons. The molecule has 1 unspecified atom stereocenters. The minimum atomic E-state index is -0.493. The van der Waals surface area contributed by atoms with Gasteiger partial charge in [0.1, 0.15) is 11.5 Å². The Kier molecular flexibility index (Phi) is 3.29. The predicted molar refractivity (Wildman–Crippen MR) is 75.9 cm³/mol. The number of para-hydroxylation sites is 1. The summed E-state index contributed by atoms with van der Waals surface area (Å²) in [4.78, 5) is 12.2. The molecule has 1 heterocycles. The lowest BCUT2D eigenvalue weighted by atomic mass is 10.0. The number of fused-ring (bicyclic) bond motifs is 1. The lowest BCUT2D eigenvalue weighted by Gasteiger charge is -2.25. The fraction of sp³-hybridized carbons (Fsp3) is 0.188. The topological polar surface area (TPSA) is 58.6 Å². The second-order valence-electron chi connectivity index (χ2n) is 4.79. The third kappa shape index (κ3) is 2.59. The van der Waals surface area contributed by atoms with Crippen molar-refractivity contribution < 1.29 is 14.6 Å². The minimum absolute atomic E-state index is 0.123. The predicted octanol–water partition coefficient (Wildman–Crippen LogP) is 2.72. The van der Waals surface area contributed by atoms with E-state index in [1.54, 1.807) is 18.2 Å². The highest BCUT2D eigenvalue weighted by Gasteiger charge is 2.25. The first-order valence-electron chi connectivity index (χ1n) is 6.57. The van der Waals surface area contributed by atoms with Crippen LogP contribution in [0.1, 0.15) is 12.0 Å². The van der Waals surface area contributed by atoms with Gasteiger partial charge in [-0.15, -0.1) is 0 Å². The zero-order chi connectivity index (χ0) is 13.9. The van der Waals surface area contributed by atoms with Gasteiger partial charge in [0.2, 0.25) is 0 Å². The number of hydrogen-bond acceptors (Lipinski definition) is 3. The molecule has 1 amide bonds. The Labute approximate surface area is 117 Å². The van der Waals surface area contributed by atoms with E-state index in [1.807, 2.05) is 24.3 Å². The maximum absolute atomic E-state index is 12.2. The molecule has 102 valence electrons. The Morgan fingerprint density at radius 1 is 1.20 bits per heavy atom. The highest BCUT2D eigenvalue weighted by molar-refractivity contribution is 5.94. The molecule has 0 saturated carbocycles. The van der Waals surface area contributed by atoms with Gasteiger partial charge in [0.15, 0.2) is 6.10 Å². The van der Waals surface area contributed by atoms with Crippen LogP contribution in [0.15, 0.2) is 48.5 Å². The second kappa shape index (κ2) is 5.25. The monoisotopic (exact) mass is 269 g/mol. The van der Waals surface area contributed by atoms with E-state index < -0.39 is 6.10 Å². The van der Waals surface area contributed by atoms with Crippen molar-refractivity contribution in [2.24, 2.45) is 0 Å². The molecule has 1 aliphatic heterocycles. The molecule has 0 bridgehead atoms. The Bertz CT molecular complexity index is 639. The zero-order valence-electron chi connectivity index (χ0n) is 10.9. The fourth-order valence-corrected chi connectivity index (χ4v) is 2.32. The van der Waals surface area contributed by atoms with Crippen LogP contribution in [-0.4, -0.2) is 17.1 Å². The number of rotatable bonds is 2. The molecule has 2 aromatic carbocycles. The van der Waals surface area contributed by atoms with E-state index in [9.17, 15) is 9.90 Å². The van der Waals surface area contributed by atoms with Crippen molar-refractivity contribution in [1.82, 2.24) is 0 Å². The number of phenolic OH excluding ortho intramolecular Hbond substituents is 1. The zero-order valence-corrected chi connectivity index (χ0v) is 10.9. The van der Waals surface area contributed by atoms with Crippen LogP contribution in [0.2, 0.25) is 0 Å². The van der Waals surface area contributed by atoms with Crippen LogP contribution < -0.4 is 10.1 Å². The Morgan fingerprint density at radius 3 is 2.90 bits per heavy atom. The van der Waals surface area contributed by atoms with Crippen molar-refractivity contribution in [3.05, 3.63) is 54.1 Å². The number of carbonyl (C=O) groups excluding carboxylic acids is 1. The van der Waals surface area contributed by atoms with Crippen molar-refractivity contribution in [1.29, 1.82) is 0 Å². The van der Waals surface area contributed by atoms with Gasteiger partial charge in [0.25, 0.3) is 5.91 Å². The molecule has 4 nitrogen and oxygen atoms in total. The largest absolute Gasteiger partial charge is 0.508 e. The molecular weight excluding hydrogens is 254 g/mol. The number of benzene rings is 2. The SMILES string of the molecule is O=C(Nc1cccc(O)c1)C1CCc2ccccc2O1. The van der Waals surface area contributed by atoms with Crippen molar-refractivity contribution in [3.63, 3.8) is 0 Å². The molecule has 0 saturated heterocycles. The van der Waals surface area contributed by atoms with Gasteiger partial charge in [-0.25, -0.2) is 0 Å². The number of nitrogens with one attached hydrogen (secondary N) is 1. The van der Waals surface area contributed by atoms with E-state index in [-0.39, 0.29) is 11.7 Å². The van der Waals surface area contributed by atoms with Crippen LogP contribution in [0.5, 0.6) is 11.5 Å². The van der Waals surface area contributed by atoms with Crippen LogP contribution in [0.25, 0.3) is 0 Å². The Hall–Kier alpha value is -2.49. The molecule has 0 aromatic heterocycles. The molecule has 2 aromatic rings. The maximum Gasteiger partial charge on any atom is 0.265 e. The number of aromatic hydroxyl groups is 1. The number of ether oxygens (including phenoxy) is 1. The van der Waals surface area contributed by atoms with E-state index in [1.165, 1.54) is 6.07 Å². The van der Waals surface area contributed by atoms with Gasteiger partial charge >= 0.3 is 0 Å². The average Bonchev–Trinajstić information content (AvgIpc) is 2.47. The van der Waals surface area contributed by atoms with Gasteiger partial charge in [-0.2, -0.15) is 0 Å². The van der Waals surface area contributed by atoms with Gasteiger partial charge in [-0.3, -0.25) is 4.79 Å². The summed E-state index contributed by atoms with van der Waals surface area (Å²) in [5.74, 6) is 0.706. The molecule has 2 N–H and O–H groups in total. The molecule has 0 aliphatic carbocycles. The summed E-state index contributed by atoms with van der Waals surface area (Å²) in [6, 6.07) is 14.2. The lowest BCUT2D eigenvalue weighted by Crippen LogP contribution is -2.35. The lowest BCUT2D eigenvalue weighted by molar-refractivity contribution is -0.123. The summed E-state index contributed by atoms with van der Waals surface area (Å²) in [5.41, 5.74) is 1.70. The molecular formula is C16H15NO3. The van der Waals surface area contributed by atoms with E-state index in [0.717, 1.165) is 17.7 Å². The highest BCUT2D eigenvalue weighted by Crippen LogP contribution is 2.27. The van der Waals surface area contributed by atoms with E-state index in [2.05, 4.69) is 5.32 Å². The van der Waals surface area contributed by atoms with Gasteiger partial charge in [0.05, 0.1) is 0 Å². The van der Waals surface area contributed by atoms with Crippen molar-refractivity contribution in [2.75, 3.05) is 5.32 Å². The summed E-state index contributed by atoms with van der Waals surface area (Å²) in [6.45, 7) is 0. The van der Waals surface area contributed by atoms with Gasteiger partial charge in [-0.1, -0.05) is 24.3 Å². The Balaban J connectivity index is 1.70. The summed E-state index contributed by atoms with van der Waals surface area (Å²) < 4.78 is 5.72. The molecule has 4 heteroatoms. The van der Waals surface area contributed by atoms with Crippen LogP contribution >= 0.6 is 0 Å². The molecule has 1 atom stereocenters. The van der Waals surface area contributed by atoms with Crippen molar-refractivity contribution in [3.8, 4) is 11.5 Å². The van der Waals surface area contributed by atoms with E-state index >= 15 is 0 Å². The number of hydrogen-bond donors (Lipinski definition) is 2.